The third-order valence-corrected chi connectivity index (χ3v) is 3.40. The van der Waals surface area contributed by atoms with Crippen molar-refractivity contribution in [3.05, 3.63) is 0 Å². The second-order valence-electron chi connectivity index (χ2n) is 4.21. The van der Waals surface area contributed by atoms with Crippen molar-refractivity contribution in [2.75, 3.05) is 7.05 Å². The molecule has 0 heterocycles. The maximum Gasteiger partial charge on any atom is 0.217 e. The predicted octanol–water partition coefficient (Wildman–Crippen LogP) is 0.263. The molecule has 1 amide bonds. The van der Waals surface area contributed by atoms with Gasteiger partial charge in [0, 0.05) is 18.5 Å². The largest absolute Gasteiger partial charge is 0.353 e. The highest BCUT2D eigenvalue weighted by atomic mass is 16.1. The molecule has 3 heteroatoms. The van der Waals surface area contributed by atoms with Gasteiger partial charge in [-0.1, -0.05) is 0 Å². The lowest BCUT2D eigenvalue weighted by Crippen LogP contribution is -2.47. The molecule has 3 rings (SSSR count). The summed E-state index contributed by atoms with van der Waals surface area (Å²) in [4.78, 5) is 10.8. The fraction of sp³-hybridized carbons (Fsp3) is 0.889. The third-order valence-electron chi connectivity index (χ3n) is 3.40. The van der Waals surface area contributed by atoms with Crippen LogP contribution in [0.3, 0.4) is 0 Å². The third kappa shape index (κ3) is 1.04. The van der Waals surface area contributed by atoms with E-state index in [0.717, 1.165) is 12.3 Å². The van der Waals surface area contributed by atoms with Gasteiger partial charge in [-0.15, -0.1) is 0 Å². The van der Waals surface area contributed by atoms with E-state index >= 15 is 0 Å². The minimum absolute atomic E-state index is 0.110. The molecule has 0 aliphatic heterocycles. The number of hydrogen-bond donors (Lipinski definition) is 2. The van der Waals surface area contributed by atoms with Gasteiger partial charge in [0.15, 0.2) is 0 Å². The minimum Gasteiger partial charge on any atom is -0.353 e. The number of carbonyl (C=O) groups is 1. The summed E-state index contributed by atoms with van der Waals surface area (Å²) >= 11 is 0. The zero-order valence-electron chi connectivity index (χ0n) is 7.68. The fourth-order valence-corrected chi connectivity index (χ4v) is 2.72. The molecule has 0 saturated heterocycles. The van der Waals surface area contributed by atoms with Crippen LogP contribution in [-0.4, -0.2) is 24.5 Å². The van der Waals surface area contributed by atoms with Gasteiger partial charge in [-0.2, -0.15) is 0 Å². The first-order valence-electron chi connectivity index (χ1n) is 4.61. The number of amides is 1. The zero-order chi connectivity index (χ0) is 8.77. The summed E-state index contributed by atoms with van der Waals surface area (Å²) in [6.07, 6.45) is 3.61. The van der Waals surface area contributed by atoms with E-state index in [2.05, 4.69) is 10.6 Å². The van der Waals surface area contributed by atoms with Crippen molar-refractivity contribution in [2.24, 2.45) is 5.92 Å². The molecular weight excluding hydrogens is 152 g/mol. The van der Waals surface area contributed by atoms with Gasteiger partial charge < -0.3 is 10.6 Å². The Balaban J connectivity index is 1.94. The number of fused-ring (bicyclic) bond motifs is 1. The van der Waals surface area contributed by atoms with Crippen LogP contribution in [0.15, 0.2) is 0 Å². The lowest BCUT2D eigenvalue weighted by atomic mass is 9.77. The molecule has 3 nitrogen and oxygen atoms in total. The summed E-state index contributed by atoms with van der Waals surface area (Å²) < 4.78 is 0. The summed E-state index contributed by atoms with van der Waals surface area (Å²) in [6, 6.07) is 0.440. The van der Waals surface area contributed by atoms with Crippen LogP contribution in [0.5, 0.6) is 0 Å². The number of carbonyl (C=O) groups excluding carboxylic acids is 1. The molecule has 12 heavy (non-hydrogen) atoms. The van der Waals surface area contributed by atoms with Crippen molar-refractivity contribution in [3.63, 3.8) is 0 Å². The highest BCUT2D eigenvalue weighted by Crippen LogP contribution is 2.51. The Hall–Kier alpha value is -0.570. The standard InChI is InChI=1S/C9H16N2O/c1-6(12)11-8-5-9(10-2)3-7(8)4-9/h7-8,10H,3-5H2,1-2H3,(H,11,12). The average Bonchev–Trinajstić information content (AvgIpc) is 2.39. The highest BCUT2D eigenvalue weighted by Gasteiger charge is 2.55. The Morgan fingerprint density at radius 2 is 2.08 bits per heavy atom. The predicted molar refractivity (Wildman–Crippen MR) is 46.7 cm³/mol. The lowest BCUT2D eigenvalue weighted by molar-refractivity contribution is -0.119. The van der Waals surface area contributed by atoms with E-state index in [1.54, 1.807) is 6.92 Å². The Morgan fingerprint density at radius 3 is 2.50 bits per heavy atom. The maximum absolute atomic E-state index is 10.8. The van der Waals surface area contributed by atoms with Crippen molar-refractivity contribution < 1.29 is 4.79 Å². The van der Waals surface area contributed by atoms with Gasteiger partial charge in [0.2, 0.25) is 5.91 Å². The number of rotatable bonds is 2. The molecule has 0 radical (unpaired) electrons. The summed E-state index contributed by atoms with van der Waals surface area (Å²) in [6.45, 7) is 1.60. The van der Waals surface area contributed by atoms with E-state index in [9.17, 15) is 4.79 Å². The Labute approximate surface area is 72.9 Å². The lowest BCUT2D eigenvalue weighted by Gasteiger charge is -2.38. The van der Waals surface area contributed by atoms with Gasteiger partial charge in [0.25, 0.3) is 0 Å². The van der Waals surface area contributed by atoms with Gasteiger partial charge >= 0.3 is 0 Å². The Bertz CT molecular complexity index is 209. The number of hydrogen-bond acceptors (Lipinski definition) is 2. The van der Waals surface area contributed by atoms with Crippen LogP contribution in [0.1, 0.15) is 26.2 Å². The Kier molecular flexibility index (Phi) is 1.65. The van der Waals surface area contributed by atoms with Crippen molar-refractivity contribution in [3.8, 4) is 0 Å². The molecule has 0 aromatic rings. The quantitative estimate of drug-likeness (QED) is 0.621. The second kappa shape index (κ2) is 2.46. The van der Waals surface area contributed by atoms with Gasteiger partial charge in [-0.05, 0) is 32.2 Å². The summed E-state index contributed by atoms with van der Waals surface area (Å²) in [7, 11) is 2.02. The molecule has 0 aromatic carbocycles. The first-order chi connectivity index (χ1) is 5.65. The second-order valence-corrected chi connectivity index (χ2v) is 4.21. The maximum atomic E-state index is 10.8. The first kappa shape index (κ1) is 8.05. The van der Waals surface area contributed by atoms with Crippen LogP contribution < -0.4 is 10.6 Å². The normalized spacial score (nSPS) is 43.8. The molecule has 0 aromatic heterocycles. The summed E-state index contributed by atoms with van der Waals surface area (Å²) in [5, 5.41) is 6.37. The van der Waals surface area contributed by atoms with Crippen molar-refractivity contribution >= 4 is 5.91 Å². The fourth-order valence-electron chi connectivity index (χ4n) is 2.72. The smallest absolute Gasteiger partial charge is 0.217 e. The summed E-state index contributed by atoms with van der Waals surface area (Å²) in [5.74, 6) is 0.847. The van der Waals surface area contributed by atoms with Crippen LogP contribution in [0, 0.1) is 5.92 Å². The van der Waals surface area contributed by atoms with E-state index in [0.29, 0.717) is 11.6 Å². The first-order valence-corrected chi connectivity index (χ1v) is 4.61. The van der Waals surface area contributed by atoms with Crippen LogP contribution in [-0.2, 0) is 4.79 Å². The van der Waals surface area contributed by atoms with Gasteiger partial charge in [-0.25, -0.2) is 0 Å². The molecule has 0 spiro atoms. The van der Waals surface area contributed by atoms with E-state index in [1.165, 1.54) is 12.8 Å². The topological polar surface area (TPSA) is 41.1 Å². The summed E-state index contributed by atoms with van der Waals surface area (Å²) in [5.41, 5.74) is 0.373. The zero-order valence-corrected chi connectivity index (χ0v) is 7.68. The minimum atomic E-state index is 0.110. The van der Waals surface area contributed by atoms with Crippen LogP contribution >= 0.6 is 0 Å². The molecule has 2 N–H and O–H groups in total. The molecule has 3 saturated carbocycles. The molecule has 68 valence electrons. The SMILES string of the molecule is CNC12CC(C1)C(NC(C)=O)C2. The van der Waals surface area contributed by atoms with E-state index in [4.69, 9.17) is 0 Å². The molecule has 1 atom stereocenters. The van der Waals surface area contributed by atoms with E-state index in [-0.39, 0.29) is 5.91 Å². The average molecular weight is 168 g/mol. The van der Waals surface area contributed by atoms with Crippen molar-refractivity contribution in [2.45, 2.75) is 37.8 Å². The van der Waals surface area contributed by atoms with Gasteiger partial charge in [0.1, 0.15) is 0 Å². The van der Waals surface area contributed by atoms with Crippen LogP contribution in [0.2, 0.25) is 0 Å². The molecule has 3 fully saturated rings. The molecular formula is C9H16N2O. The van der Waals surface area contributed by atoms with Crippen LogP contribution in [0.25, 0.3) is 0 Å². The molecule has 2 bridgehead atoms. The van der Waals surface area contributed by atoms with Crippen molar-refractivity contribution in [1.82, 2.24) is 10.6 Å². The Morgan fingerprint density at radius 1 is 1.42 bits per heavy atom. The van der Waals surface area contributed by atoms with Crippen molar-refractivity contribution in [1.29, 1.82) is 0 Å². The van der Waals surface area contributed by atoms with Gasteiger partial charge in [-0.3, -0.25) is 4.79 Å². The van der Waals surface area contributed by atoms with Crippen LogP contribution in [0.4, 0.5) is 0 Å². The highest BCUT2D eigenvalue weighted by molar-refractivity contribution is 5.73. The molecule has 3 aliphatic carbocycles. The van der Waals surface area contributed by atoms with E-state index in [1.807, 2.05) is 7.05 Å². The monoisotopic (exact) mass is 168 g/mol. The van der Waals surface area contributed by atoms with Gasteiger partial charge in [0.05, 0.1) is 0 Å². The van der Waals surface area contributed by atoms with E-state index < -0.39 is 0 Å². The molecule has 3 aliphatic rings. The number of nitrogens with one attached hydrogen (secondary N) is 2. The molecule has 1 unspecified atom stereocenters.